The third kappa shape index (κ3) is 2.99. The molecule has 2 aliphatic carbocycles. The molecule has 0 aromatic carbocycles. The van der Waals surface area contributed by atoms with Crippen LogP contribution in [0.5, 0.6) is 0 Å². The fourth-order valence-corrected chi connectivity index (χ4v) is 2.41. The average Bonchev–Trinajstić information content (AvgIpc) is 3.01. The number of carbonyl (C=O) groups excluding carboxylic acids is 1. The van der Waals surface area contributed by atoms with E-state index in [0.717, 1.165) is 25.7 Å². The molecule has 0 saturated heterocycles. The SMILES string of the molecule is CC1=CCC(C/C=C/C(=O)NC2CC2)C1(C)C. The molecule has 0 bridgehead atoms. The maximum absolute atomic E-state index is 11.5. The zero-order chi connectivity index (χ0) is 12.5. The summed E-state index contributed by atoms with van der Waals surface area (Å²) in [5.41, 5.74) is 1.77. The van der Waals surface area contributed by atoms with Crippen molar-refractivity contribution in [3.8, 4) is 0 Å². The van der Waals surface area contributed by atoms with Gasteiger partial charge in [0.25, 0.3) is 0 Å². The molecule has 1 amide bonds. The highest BCUT2D eigenvalue weighted by atomic mass is 16.1. The van der Waals surface area contributed by atoms with Crippen LogP contribution in [0.15, 0.2) is 23.8 Å². The highest BCUT2D eigenvalue weighted by Crippen LogP contribution is 2.44. The molecule has 2 heteroatoms. The monoisotopic (exact) mass is 233 g/mol. The van der Waals surface area contributed by atoms with Crippen molar-refractivity contribution in [1.29, 1.82) is 0 Å². The summed E-state index contributed by atoms with van der Waals surface area (Å²) in [5, 5.41) is 2.97. The topological polar surface area (TPSA) is 29.1 Å². The van der Waals surface area contributed by atoms with E-state index in [1.165, 1.54) is 5.57 Å². The van der Waals surface area contributed by atoms with Gasteiger partial charge in [-0.05, 0) is 50.0 Å². The van der Waals surface area contributed by atoms with Crippen molar-refractivity contribution in [2.45, 2.75) is 52.5 Å². The molecule has 1 N–H and O–H groups in total. The lowest BCUT2D eigenvalue weighted by atomic mass is 9.76. The summed E-state index contributed by atoms with van der Waals surface area (Å²) in [6, 6.07) is 0.457. The molecule has 1 unspecified atom stereocenters. The number of nitrogens with one attached hydrogen (secondary N) is 1. The first-order valence-corrected chi connectivity index (χ1v) is 6.64. The molecule has 0 radical (unpaired) electrons. The van der Waals surface area contributed by atoms with Gasteiger partial charge in [0.1, 0.15) is 0 Å². The number of rotatable bonds is 4. The molecule has 0 aromatic heterocycles. The summed E-state index contributed by atoms with van der Waals surface area (Å²) in [7, 11) is 0. The van der Waals surface area contributed by atoms with E-state index in [4.69, 9.17) is 0 Å². The molecule has 2 nitrogen and oxygen atoms in total. The Morgan fingerprint density at radius 1 is 1.53 bits per heavy atom. The van der Waals surface area contributed by atoms with Gasteiger partial charge in [0.2, 0.25) is 5.91 Å². The molecule has 2 rings (SSSR count). The van der Waals surface area contributed by atoms with Crippen LogP contribution in [0.2, 0.25) is 0 Å². The molecule has 2 aliphatic rings. The predicted molar refractivity (Wildman–Crippen MR) is 70.6 cm³/mol. The van der Waals surface area contributed by atoms with E-state index in [1.54, 1.807) is 6.08 Å². The van der Waals surface area contributed by atoms with Gasteiger partial charge >= 0.3 is 0 Å². The number of carbonyl (C=O) groups is 1. The molecule has 17 heavy (non-hydrogen) atoms. The summed E-state index contributed by atoms with van der Waals surface area (Å²) >= 11 is 0. The molecule has 0 spiro atoms. The molecular formula is C15H23NO. The van der Waals surface area contributed by atoms with E-state index < -0.39 is 0 Å². The van der Waals surface area contributed by atoms with Crippen LogP contribution in [0.4, 0.5) is 0 Å². The Balaban J connectivity index is 1.78. The second-order valence-corrected chi connectivity index (χ2v) is 5.96. The highest BCUT2D eigenvalue weighted by molar-refractivity contribution is 5.87. The Labute approximate surface area is 104 Å². The van der Waals surface area contributed by atoms with Crippen molar-refractivity contribution in [2.24, 2.45) is 11.3 Å². The largest absolute Gasteiger partial charge is 0.350 e. The van der Waals surface area contributed by atoms with Gasteiger partial charge in [-0.2, -0.15) is 0 Å². The summed E-state index contributed by atoms with van der Waals surface area (Å²) in [6.07, 6.45) is 10.5. The second-order valence-electron chi connectivity index (χ2n) is 5.96. The smallest absolute Gasteiger partial charge is 0.243 e. The maximum Gasteiger partial charge on any atom is 0.243 e. The first kappa shape index (κ1) is 12.4. The Hall–Kier alpha value is -1.05. The van der Waals surface area contributed by atoms with Crippen LogP contribution in [0.1, 0.15) is 46.5 Å². The maximum atomic E-state index is 11.5. The summed E-state index contributed by atoms with van der Waals surface area (Å²) < 4.78 is 0. The number of allylic oxidation sites excluding steroid dienone is 3. The van der Waals surface area contributed by atoms with Gasteiger partial charge in [-0.25, -0.2) is 0 Å². The normalized spacial score (nSPS) is 27.2. The number of amides is 1. The van der Waals surface area contributed by atoms with E-state index in [-0.39, 0.29) is 11.3 Å². The molecule has 1 fully saturated rings. The van der Waals surface area contributed by atoms with Crippen LogP contribution in [0.25, 0.3) is 0 Å². The zero-order valence-corrected chi connectivity index (χ0v) is 11.1. The third-order valence-electron chi connectivity index (χ3n) is 4.36. The standard InChI is InChI=1S/C15H23NO/c1-11-7-8-12(15(11,2)3)5-4-6-14(17)16-13-9-10-13/h4,6-7,12-13H,5,8-10H2,1-3H3,(H,16,17)/b6-4+. The minimum Gasteiger partial charge on any atom is -0.350 e. The lowest BCUT2D eigenvalue weighted by molar-refractivity contribution is -0.116. The lowest BCUT2D eigenvalue weighted by Gasteiger charge is -2.28. The van der Waals surface area contributed by atoms with Crippen molar-refractivity contribution in [1.82, 2.24) is 5.32 Å². The lowest BCUT2D eigenvalue weighted by Crippen LogP contribution is -2.23. The Morgan fingerprint density at radius 3 is 2.76 bits per heavy atom. The highest BCUT2D eigenvalue weighted by Gasteiger charge is 2.33. The first-order valence-electron chi connectivity index (χ1n) is 6.64. The van der Waals surface area contributed by atoms with Crippen molar-refractivity contribution in [3.05, 3.63) is 23.8 Å². The molecule has 1 saturated carbocycles. The zero-order valence-electron chi connectivity index (χ0n) is 11.1. The van der Waals surface area contributed by atoms with Gasteiger partial charge in [0.15, 0.2) is 0 Å². The second kappa shape index (κ2) is 4.67. The number of hydrogen-bond donors (Lipinski definition) is 1. The fourth-order valence-electron chi connectivity index (χ4n) is 2.41. The van der Waals surface area contributed by atoms with Crippen LogP contribution in [-0.4, -0.2) is 11.9 Å². The van der Waals surface area contributed by atoms with E-state index in [1.807, 2.05) is 6.08 Å². The Morgan fingerprint density at radius 2 is 2.24 bits per heavy atom. The minimum absolute atomic E-state index is 0.0768. The van der Waals surface area contributed by atoms with E-state index in [9.17, 15) is 4.79 Å². The van der Waals surface area contributed by atoms with E-state index in [0.29, 0.717) is 12.0 Å². The van der Waals surface area contributed by atoms with Gasteiger partial charge in [-0.15, -0.1) is 0 Å². The summed E-state index contributed by atoms with van der Waals surface area (Å²) in [4.78, 5) is 11.5. The first-order chi connectivity index (χ1) is 8.00. The van der Waals surface area contributed by atoms with Crippen LogP contribution < -0.4 is 5.32 Å². The fraction of sp³-hybridized carbons (Fsp3) is 0.667. The third-order valence-corrected chi connectivity index (χ3v) is 4.36. The molecule has 0 aliphatic heterocycles. The predicted octanol–water partition coefficient (Wildman–Crippen LogP) is 3.20. The van der Waals surface area contributed by atoms with Gasteiger partial charge < -0.3 is 5.32 Å². The number of hydrogen-bond acceptors (Lipinski definition) is 1. The molecule has 0 aromatic rings. The quantitative estimate of drug-likeness (QED) is 0.586. The summed E-state index contributed by atoms with van der Waals surface area (Å²) in [5.74, 6) is 0.723. The van der Waals surface area contributed by atoms with Crippen LogP contribution in [0, 0.1) is 11.3 Å². The Kier molecular flexibility index (Phi) is 3.41. The van der Waals surface area contributed by atoms with E-state index in [2.05, 4.69) is 32.2 Å². The van der Waals surface area contributed by atoms with Gasteiger partial charge in [0, 0.05) is 6.04 Å². The Bertz CT molecular complexity index is 361. The van der Waals surface area contributed by atoms with Crippen molar-refractivity contribution >= 4 is 5.91 Å². The van der Waals surface area contributed by atoms with E-state index >= 15 is 0 Å². The van der Waals surface area contributed by atoms with Crippen LogP contribution in [0.3, 0.4) is 0 Å². The van der Waals surface area contributed by atoms with Crippen LogP contribution >= 0.6 is 0 Å². The average molecular weight is 233 g/mol. The summed E-state index contributed by atoms with van der Waals surface area (Å²) in [6.45, 7) is 6.81. The van der Waals surface area contributed by atoms with Gasteiger partial charge in [0.05, 0.1) is 0 Å². The van der Waals surface area contributed by atoms with Crippen molar-refractivity contribution in [3.63, 3.8) is 0 Å². The minimum atomic E-state index is 0.0768. The molecule has 0 heterocycles. The van der Waals surface area contributed by atoms with Crippen molar-refractivity contribution in [2.75, 3.05) is 0 Å². The van der Waals surface area contributed by atoms with Crippen LogP contribution in [-0.2, 0) is 4.79 Å². The molecule has 94 valence electrons. The molecular weight excluding hydrogens is 210 g/mol. The van der Waals surface area contributed by atoms with Gasteiger partial charge in [-0.3, -0.25) is 4.79 Å². The van der Waals surface area contributed by atoms with Gasteiger partial charge in [-0.1, -0.05) is 31.6 Å². The van der Waals surface area contributed by atoms with Crippen molar-refractivity contribution < 1.29 is 4.79 Å². The molecule has 1 atom stereocenters.